The second-order valence-electron chi connectivity index (χ2n) is 6.42. The molecule has 24 heavy (non-hydrogen) atoms. The summed E-state index contributed by atoms with van der Waals surface area (Å²) in [5, 5.41) is 19.0. The van der Waals surface area contributed by atoms with Crippen molar-refractivity contribution in [2.75, 3.05) is 20.1 Å². The first-order chi connectivity index (χ1) is 11.6. The number of hydrogen-bond donors (Lipinski definition) is 1. The highest BCUT2D eigenvalue weighted by atomic mass is 16.1. The number of piperidine rings is 1. The summed E-state index contributed by atoms with van der Waals surface area (Å²) >= 11 is 0. The first-order valence-electron chi connectivity index (χ1n) is 8.34. The van der Waals surface area contributed by atoms with E-state index >= 15 is 0 Å². The van der Waals surface area contributed by atoms with Crippen LogP contribution in [0.2, 0.25) is 0 Å². The van der Waals surface area contributed by atoms with Crippen molar-refractivity contribution in [3.8, 4) is 0 Å². The fourth-order valence-electron chi connectivity index (χ4n) is 3.10. The van der Waals surface area contributed by atoms with Gasteiger partial charge in [-0.3, -0.25) is 14.4 Å². The Morgan fingerprint density at radius 3 is 3.04 bits per heavy atom. The second-order valence-corrected chi connectivity index (χ2v) is 6.42. The normalized spacial score (nSPS) is 18.9. The Bertz CT molecular complexity index is 691. The van der Waals surface area contributed by atoms with E-state index in [0.717, 1.165) is 38.3 Å². The van der Waals surface area contributed by atoms with Crippen molar-refractivity contribution in [1.82, 2.24) is 40.2 Å². The minimum Gasteiger partial charge on any atom is -0.354 e. The number of nitrogens with zero attached hydrogens (tertiary/aromatic N) is 7. The quantitative estimate of drug-likeness (QED) is 0.864. The molecule has 0 radical (unpaired) electrons. The molecule has 9 heteroatoms. The molecule has 0 aliphatic carbocycles. The minimum atomic E-state index is -0.155. The summed E-state index contributed by atoms with van der Waals surface area (Å²) in [5.41, 5.74) is 0.457. The van der Waals surface area contributed by atoms with Gasteiger partial charge in [0.05, 0.1) is 18.6 Å². The minimum absolute atomic E-state index is 0.155. The van der Waals surface area contributed by atoms with E-state index in [-0.39, 0.29) is 18.0 Å². The molecule has 1 unspecified atom stereocenters. The van der Waals surface area contributed by atoms with Crippen LogP contribution in [0.25, 0.3) is 0 Å². The van der Waals surface area contributed by atoms with Crippen LogP contribution in [0.3, 0.4) is 0 Å². The number of nitrogens with one attached hydrogen (secondary N) is 1. The van der Waals surface area contributed by atoms with Crippen LogP contribution in [0.15, 0.2) is 12.3 Å². The van der Waals surface area contributed by atoms with Gasteiger partial charge in [0.2, 0.25) is 0 Å². The molecule has 130 valence electrons. The van der Waals surface area contributed by atoms with Crippen molar-refractivity contribution in [2.45, 2.75) is 45.3 Å². The van der Waals surface area contributed by atoms with Gasteiger partial charge in [-0.15, -0.1) is 5.10 Å². The van der Waals surface area contributed by atoms with Gasteiger partial charge < -0.3 is 5.32 Å². The molecule has 2 aromatic heterocycles. The predicted molar refractivity (Wildman–Crippen MR) is 87.4 cm³/mol. The Morgan fingerprint density at radius 2 is 2.29 bits per heavy atom. The molecule has 1 N–H and O–H groups in total. The van der Waals surface area contributed by atoms with Crippen LogP contribution in [-0.2, 0) is 6.54 Å². The lowest BCUT2D eigenvalue weighted by atomic mass is 10.1. The van der Waals surface area contributed by atoms with Gasteiger partial charge in [0.25, 0.3) is 5.91 Å². The van der Waals surface area contributed by atoms with Gasteiger partial charge in [-0.1, -0.05) is 0 Å². The largest absolute Gasteiger partial charge is 0.354 e. The molecule has 1 saturated heterocycles. The molecule has 0 saturated carbocycles. The van der Waals surface area contributed by atoms with Crippen LogP contribution in [0.4, 0.5) is 0 Å². The number of amides is 1. The van der Waals surface area contributed by atoms with Gasteiger partial charge in [-0.25, -0.2) is 4.68 Å². The van der Waals surface area contributed by atoms with Crippen molar-refractivity contribution >= 4 is 5.91 Å². The summed E-state index contributed by atoms with van der Waals surface area (Å²) < 4.78 is 3.77. The lowest BCUT2D eigenvalue weighted by Crippen LogP contribution is -2.37. The smallest absolute Gasteiger partial charge is 0.271 e. The van der Waals surface area contributed by atoms with Gasteiger partial charge in [0.15, 0.2) is 5.82 Å². The molecule has 1 aliphatic heterocycles. The molecule has 1 aliphatic rings. The molecule has 0 bridgehead atoms. The number of rotatable bonds is 5. The average molecular weight is 332 g/mol. The molecule has 1 fully saturated rings. The molecule has 0 aromatic carbocycles. The van der Waals surface area contributed by atoms with E-state index in [0.29, 0.717) is 5.69 Å². The number of tetrazole rings is 1. The molecular formula is C15H24N8O. The maximum atomic E-state index is 11.7. The Labute approximate surface area is 141 Å². The highest BCUT2D eigenvalue weighted by Gasteiger charge is 2.24. The van der Waals surface area contributed by atoms with Crippen LogP contribution in [0, 0.1) is 0 Å². The third kappa shape index (κ3) is 3.45. The maximum absolute atomic E-state index is 11.7. The summed E-state index contributed by atoms with van der Waals surface area (Å²) in [4.78, 5) is 14.0. The molecule has 0 spiro atoms. The third-order valence-corrected chi connectivity index (χ3v) is 4.34. The van der Waals surface area contributed by atoms with Crippen molar-refractivity contribution in [2.24, 2.45) is 0 Å². The van der Waals surface area contributed by atoms with Crippen LogP contribution < -0.4 is 5.32 Å². The topological polar surface area (TPSA) is 93.8 Å². The molecule has 3 heterocycles. The van der Waals surface area contributed by atoms with E-state index in [1.807, 2.05) is 15.6 Å². The monoisotopic (exact) mass is 332 g/mol. The van der Waals surface area contributed by atoms with E-state index in [1.165, 1.54) is 0 Å². The fourth-order valence-corrected chi connectivity index (χ4v) is 3.10. The standard InChI is InChI=1S/C15H24N8O/c1-11(2)23-14(17-19-20-23)10-21-7-4-5-12(9-21)22-8-6-13(18-22)15(24)16-3/h6,8,11-12H,4-5,7,9-10H2,1-3H3,(H,16,24). The molecule has 1 atom stereocenters. The molecule has 3 rings (SSSR count). The predicted octanol–water partition coefficient (Wildman–Crippen LogP) is 0.647. The molecule has 2 aromatic rings. The zero-order valence-corrected chi connectivity index (χ0v) is 14.4. The fraction of sp³-hybridized carbons (Fsp3) is 0.667. The average Bonchev–Trinajstić information content (AvgIpc) is 3.23. The number of likely N-dealkylation sites (tertiary alicyclic amines) is 1. The van der Waals surface area contributed by atoms with Crippen molar-refractivity contribution in [3.63, 3.8) is 0 Å². The summed E-state index contributed by atoms with van der Waals surface area (Å²) in [5.74, 6) is 0.731. The molecular weight excluding hydrogens is 308 g/mol. The van der Waals surface area contributed by atoms with E-state index in [2.05, 4.69) is 44.7 Å². The number of carbonyl (C=O) groups is 1. The van der Waals surface area contributed by atoms with Gasteiger partial charge in [0.1, 0.15) is 5.69 Å². The van der Waals surface area contributed by atoms with Crippen LogP contribution in [0.1, 0.15) is 55.1 Å². The highest BCUT2D eigenvalue weighted by molar-refractivity contribution is 5.91. The van der Waals surface area contributed by atoms with Crippen molar-refractivity contribution in [1.29, 1.82) is 0 Å². The number of carbonyl (C=O) groups excluding carboxylic acids is 1. The lowest BCUT2D eigenvalue weighted by molar-refractivity contribution is 0.0955. The highest BCUT2D eigenvalue weighted by Crippen LogP contribution is 2.22. The van der Waals surface area contributed by atoms with Crippen LogP contribution >= 0.6 is 0 Å². The van der Waals surface area contributed by atoms with E-state index < -0.39 is 0 Å². The van der Waals surface area contributed by atoms with E-state index in [9.17, 15) is 4.79 Å². The summed E-state index contributed by atoms with van der Waals surface area (Å²) in [7, 11) is 1.61. The van der Waals surface area contributed by atoms with Crippen LogP contribution in [0.5, 0.6) is 0 Å². The van der Waals surface area contributed by atoms with Crippen molar-refractivity contribution < 1.29 is 4.79 Å². The SMILES string of the molecule is CNC(=O)c1ccn(C2CCCN(Cc3nnnn3C(C)C)C2)n1. The zero-order valence-electron chi connectivity index (χ0n) is 14.4. The van der Waals surface area contributed by atoms with Gasteiger partial charge >= 0.3 is 0 Å². The van der Waals surface area contributed by atoms with E-state index in [1.54, 1.807) is 13.1 Å². The second kappa shape index (κ2) is 7.08. The Balaban J connectivity index is 1.67. The number of hydrogen-bond acceptors (Lipinski definition) is 6. The van der Waals surface area contributed by atoms with Crippen LogP contribution in [-0.4, -0.2) is 60.9 Å². The molecule has 1 amide bonds. The first kappa shape index (κ1) is 16.6. The maximum Gasteiger partial charge on any atom is 0.271 e. The third-order valence-electron chi connectivity index (χ3n) is 4.34. The number of aromatic nitrogens is 6. The van der Waals surface area contributed by atoms with E-state index in [4.69, 9.17) is 0 Å². The zero-order chi connectivity index (χ0) is 17.1. The van der Waals surface area contributed by atoms with Gasteiger partial charge in [-0.2, -0.15) is 5.10 Å². The summed E-state index contributed by atoms with van der Waals surface area (Å²) in [6.45, 7) is 6.77. The van der Waals surface area contributed by atoms with Gasteiger partial charge in [-0.05, 0) is 49.7 Å². The van der Waals surface area contributed by atoms with Crippen molar-refractivity contribution in [3.05, 3.63) is 23.8 Å². The Morgan fingerprint density at radius 1 is 1.46 bits per heavy atom. The lowest BCUT2D eigenvalue weighted by Gasteiger charge is -2.32. The first-order valence-corrected chi connectivity index (χ1v) is 8.34. The summed E-state index contributed by atoms with van der Waals surface area (Å²) in [6, 6.07) is 2.27. The van der Waals surface area contributed by atoms with Gasteiger partial charge in [0, 0.05) is 19.8 Å². The Kier molecular flexibility index (Phi) is 4.89. The molecule has 9 nitrogen and oxygen atoms in total. The summed E-state index contributed by atoms with van der Waals surface area (Å²) in [6.07, 6.45) is 4.03. The Hall–Kier alpha value is -2.29.